The second-order valence-corrected chi connectivity index (χ2v) is 5.70. The van der Waals surface area contributed by atoms with E-state index in [4.69, 9.17) is 17.0 Å². The number of ether oxygens (including phenoxy) is 1. The Morgan fingerprint density at radius 2 is 1.68 bits per heavy atom. The maximum absolute atomic E-state index is 12.9. The Kier molecular flexibility index (Phi) is 5.20. The van der Waals surface area contributed by atoms with E-state index in [0.29, 0.717) is 28.2 Å². The second kappa shape index (κ2) is 7.72. The summed E-state index contributed by atoms with van der Waals surface area (Å²) in [5.41, 5.74) is 1.36. The molecule has 0 aliphatic rings. The van der Waals surface area contributed by atoms with Crippen molar-refractivity contribution in [3.05, 3.63) is 88.4 Å². The fourth-order valence-corrected chi connectivity index (χ4v) is 2.42. The van der Waals surface area contributed by atoms with Crippen molar-refractivity contribution < 1.29 is 13.9 Å². The zero-order valence-electron chi connectivity index (χ0n) is 13.2. The molecule has 25 heavy (non-hydrogen) atoms. The predicted octanol–water partition coefficient (Wildman–Crippen LogP) is 4.61. The van der Waals surface area contributed by atoms with Gasteiger partial charge in [-0.25, -0.2) is 4.39 Å². The van der Waals surface area contributed by atoms with E-state index in [-0.39, 0.29) is 11.7 Å². The number of aromatic amines is 1. The number of amides is 1. The summed E-state index contributed by atoms with van der Waals surface area (Å²) in [5, 5.41) is 2.82. The minimum absolute atomic E-state index is 0.228. The quantitative estimate of drug-likeness (QED) is 0.658. The SMILES string of the molecule is O=C(NCc1ccc(Oc2ccc(F)cc2)cc1)c1ccc[nH]c1=S. The molecule has 0 bridgehead atoms. The predicted molar refractivity (Wildman–Crippen MR) is 95.7 cm³/mol. The van der Waals surface area contributed by atoms with E-state index in [1.54, 1.807) is 42.6 Å². The molecule has 0 radical (unpaired) electrons. The van der Waals surface area contributed by atoms with Crippen molar-refractivity contribution in [1.82, 2.24) is 10.3 Å². The van der Waals surface area contributed by atoms with Crippen LogP contribution in [0.5, 0.6) is 11.5 Å². The van der Waals surface area contributed by atoms with E-state index in [1.165, 1.54) is 12.1 Å². The summed E-state index contributed by atoms with van der Waals surface area (Å²) in [4.78, 5) is 14.9. The highest BCUT2D eigenvalue weighted by atomic mass is 32.1. The molecule has 3 rings (SSSR count). The maximum atomic E-state index is 12.9. The summed E-state index contributed by atoms with van der Waals surface area (Å²) in [7, 11) is 0. The first-order valence-corrected chi connectivity index (χ1v) is 8.01. The molecule has 0 aliphatic heterocycles. The molecule has 2 N–H and O–H groups in total. The number of carbonyl (C=O) groups is 1. The van der Waals surface area contributed by atoms with Crippen LogP contribution in [0.25, 0.3) is 0 Å². The van der Waals surface area contributed by atoms with Crippen molar-refractivity contribution in [3.8, 4) is 11.5 Å². The summed E-state index contributed by atoms with van der Waals surface area (Å²) in [6, 6.07) is 16.5. The van der Waals surface area contributed by atoms with Gasteiger partial charge in [-0.2, -0.15) is 0 Å². The van der Waals surface area contributed by atoms with E-state index in [9.17, 15) is 9.18 Å². The number of nitrogens with one attached hydrogen (secondary N) is 2. The molecular formula is C19H15FN2O2S. The average Bonchev–Trinajstić information content (AvgIpc) is 2.63. The Morgan fingerprint density at radius 1 is 1.04 bits per heavy atom. The van der Waals surface area contributed by atoms with E-state index < -0.39 is 0 Å². The summed E-state index contributed by atoms with van der Waals surface area (Å²) >= 11 is 5.09. The van der Waals surface area contributed by atoms with Crippen LogP contribution in [0.2, 0.25) is 0 Å². The number of rotatable bonds is 5. The highest BCUT2D eigenvalue weighted by molar-refractivity contribution is 7.71. The Balaban J connectivity index is 1.59. The van der Waals surface area contributed by atoms with Crippen molar-refractivity contribution in [1.29, 1.82) is 0 Å². The van der Waals surface area contributed by atoms with Gasteiger partial charge in [0.2, 0.25) is 0 Å². The number of carbonyl (C=O) groups excluding carboxylic acids is 1. The molecule has 0 saturated carbocycles. The van der Waals surface area contributed by atoms with Crippen LogP contribution in [0, 0.1) is 10.5 Å². The van der Waals surface area contributed by atoms with Gasteiger partial charge in [-0.15, -0.1) is 0 Å². The first kappa shape index (κ1) is 16.9. The molecule has 0 spiro atoms. The molecular weight excluding hydrogens is 339 g/mol. The largest absolute Gasteiger partial charge is 0.457 e. The maximum Gasteiger partial charge on any atom is 0.254 e. The fourth-order valence-electron chi connectivity index (χ4n) is 2.19. The first-order valence-electron chi connectivity index (χ1n) is 7.60. The highest BCUT2D eigenvalue weighted by Gasteiger charge is 2.07. The molecule has 3 aromatic rings. The third-order valence-electron chi connectivity index (χ3n) is 3.49. The van der Waals surface area contributed by atoms with E-state index in [2.05, 4.69) is 10.3 Å². The Hall–Kier alpha value is -2.99. The van der Waals surface area contributed by atoms with Gasteiger partial charge in [0.15, 0.2) is 0 Å². The lowest BCUT2D eigenvalue weighted by atomic mass is 10.2. The van der Waals surface area contributed by atoms with Crippen LogP contribution in [0.3, 0.4) is 0 Å². The molecule has 6 heteroatoms. The van der Waals surface area contributed by atoms with Gasteiger partial charge in [-0.3, -0.25) is 4.79 Å². The van der Waals surface area contributed by atoms with Gasteiger partial charge in [0, 0.05) is 12.7 Å². The van der Waals surface area contributed by atoms with Crippen LogP contribution >= 0.6 is 12.2 Å². The molecule has 0 saturated heterocycles. The summed E-state index contributed by atoms with van der Waals surface area (Å²) in [5.74, 6) is 0.651. The average molecular weight is 354 g/mol. The lowest BCUT2D eigenvalue weighted by Gasteiger charge is -2.08. The van der Waals surface area contributed by atoms with Crippen molar-refractivity contribution in [3.63, 3.8) is 0 Å². The van der Waals surface area contributed by atoms with E-state index in [0.717, 1.165) is 5.56 Å². The van der Waals surface area contributed by atoms with Gasteiger partial charge in [0.1, 0.15) is 22.0 Å². The molecule has 126 valence electrons. The lowest BCUT2D eigenvalue weighted by Crippen LogP contribution is -2.23. The van der Waals surface area contributed by atoms with E-state index >= 15 is 0 Å². The molecule has 1 aromatic heterocycles. The Labute approximate surface area is 149 Å². The van der Waals surface area contributed by atoms with Gasteiger partial charge in [0.25, 0.3) is 5.91 Å². The van der Waals surface area contributed by atoms with Crippen molar-refractivity contribution in [2.24, 2.45) is 0 Å². The molecule has 0 atom stereocenters. The topological polar surface area (TPSA) is 54.1 Å². The third-order valence-corrected chi connectivity index (χ3v) is 3.83. The number of aromatic nitrogens is 1. The number of hydrogen-bond acceptors (Lipinski definition) is 3. The van der Waals surface area contributed by atoms with Crippen LogP contribution in [0.4, 0.5) is 4.39 Å². The van der Waals surface area contributed by atoms with Crippen molar-refractivity contribution >= 4 is 18.1 Å². The van der Waals surface area contributed by atoms with Gasteiger partial charge < -0.3 is 15.0 Å². The molecule has 1 heterocycles. The zero-order valence-corrected chi connectivity index (χ0v) is 14.0. The molecule has 0 aliphatic carbocycles. The second-order valence-electron chi connectivity index (χ2n) is 5.30. The minimum Gasteiger partial charge on any atom is -0.457 e. The number of benzene rings is 2. The standard InChI is InChI=1S/C19H15FN2O2S/c20-14-5-9-16(10-6-14)24-15-7-3-13(4-8-15)12-22-18(23)17-2-1-11-21-19(17)25/h1-11H,12H2,(H,21,25)(H,22,23). The molecule has 0 fully saturated rings. The normalized spacial score (nSPS) is 10.3. The highest BCUT2D eigenvalue weighted by Crippen LogP contribution is 2.21. The Morgan fingerprint density at radius 3 is 2.32 bits per heavy atom. The van der Waals surface area contributed by atoms with Gasteiger partial charge in [-0.05, 0) is 54.1 Å². The summed E-state index contributed by atoms with van der Waals surface area (Å²) in [6.07, 6.45) is 1.68. The fraction of sp³-hybridized carbons (Fsp3) is 0.0526. The molecule has 2 aromatic carbocycles. The Bertz CT molecular complexity index is 921. The first-order chi connectivity index (χ1) is 12.1. The lowest BCUT2D eigenvalue weighted by molar-refractivity contribution is 0.0950. The number of hydrogen-bond donors (Lipinski definition) is 2. The number of pyridine rings is 1. The molecule has 1 amide bonds. The van der Waals surface area contributed by atoms with Crippen LogP contribution in [-0.4, -0.2) is 10.9 Å². The monoisotopic (exact) mass is 354 g/mol. The molecule has 4 nitrogen and oxygen atoms in total. The smallest absolute Gasteiger partial charge is 0.254 e. The van der Waals surface area contributed by atoms with Crippen molar-refractivity contribution in [2.45, 2.75) is 6.54 Å². The zero-order chi connectivity index (χ0) is 17.6. The minimum atomic E-state index is -0.309. The number of H-pyrrole nitrogens is 1. The summed E-state index contributed by atoms with van der Waals surface area (Å²) in [6.45, 7) is 0.374. The van der Waals surface area contributed by atoms with Gasteiger partial charge in [0.05, 0.1) is 5.56 Å². The van der Waals surface area contributed by atoms with Crippen molar-refractivity contribution in [2.75, 3.05) is 0 Å². The van der Waals surface area contributed by atoms with Crippen LogP contribution < -0.4 is 10.1 Å². The number of halogens is 1. The van der Waals surface area contributed by atoms with Crippen LogP contribution in [-0.2, 0) is 6.54 Å². The van der Waals surface area contributed by atoms with Gasteiger partial charge in [-0.1, -0.05) is 24.4 Å². The third kappa shape index (κ3) is 4.51. The van der Waals surface area contributed by atoms with Gasteiger partial charge >= 0.3 is 0 Å². The molecule has 0 unspecified atom stereocenters. The van der Waals surface area contributed by atoms with E-state index in [1.807, 2.05) is 12.1 Å². The van der Waals surface area contributed by atoms with Crippen LogP contribution in [0.15, 0.2) is 66.9 Å². The summed E-state index contributed by atoms with van der Waals surface area (Å²) < 4.78 is 18.9. The van der Waals surface area contributed by atoms with Crippen LogP contribution in [0.1, 0.15) is 15.9 Å².